The molecule has 2 atom stereocenters. The van der Waals surface area contributed by atoms with Crippen LogP contribution >= 0.6 is 22.9 Å². The number of carbonyl (C=O) groups excluding carboxylic acids is 1. The van der Waals surface area contributed by atoms with E-state index < -0.39 is 11.4 Å². The van der Waals surface area contributed by atoms with Crippen LogP contribution in [0.2, 0.25) is 5.02 Å². The Morgan fingerprint density at radius 3 is 2.88 bits per heavy atom. The third-order valence-electron chi connectivity index (χ3n) is 5.41. The lowest BCUT2D eigenvalue weighted by molar-refractivity contribution is -0.149. The Hall–Kier alpha value is -1.92. The van der Waals surface area contributed by atoms with Crippen molar-refractivity contribution in [3.63, 3.8) is 0 Å². The lowest BCUT2D eigenvalue weighted by Gasteiger charge is -2.23. The Labute approximate surface area is 154 Å². The first-order chi connectivity index (χ1) is 12.0. The molecule has 2 heterocycles. The Morgan fingerprint density at radius 2 is 2.16 bits per heavy atom. The molecule has 130 valence electrons. The largest absolute Gasteiger partial charge is 0.481 e. The van der Waals surface area contributed by atoms with Crippen molar-refractivity contribution in [1.29, 1.82) is 0 Å². The summed E-state index contributed by atoms with van der Waals surface area (Å²) in [5, 5.41) is 12.7. The molecule has 1 N–H and O–H groups in total. The van der Waals surface area contributed by atoms with Crippen molar-refractivity contribution < 1.29 is 14.7 Å². The lowest BCUT2D eigenvalue weighted by atomic mass is 9.81. The van der Waals surface area contributed by atoms with E-state index in [0.29, 0.717) is 28.7 Å². The number of nitrogens with zero attached hydrogens (tertiary/aromatic N) is 2. The van der Waals surface area contributed by atoms with Crippen molar-refractivity contribution in [3.05, 3.63) is 40.4 Å². The van der Waals surface area contributed by atoms with Gasteiger partial charge in [0.25, 0.3) is 5.91 Å². The highest BCUT2D eigenvalue weighted by Crippen LogP contribution is 2.49. The van der Waals surface area contributed by atoms with Gasteiger partial charge in [0.2, 0.25) is 0 Å². The molecular formula is C18H17ClN2O3S. The second-order valence-electron chi connectivity index (χ2n) is 6.75. The summed E-state index contributed by atoms with van der Waals surface area (Å²) in [5.41, 5.74) is 0.394. The quantitative estimate of drug-likeness (QED) is 0.884. The molecule has 1 amide bonds. The Kier molecular flexibility index (Phi) is 4.04. The molecule has 25 heavy (non-hydrogen) atoms. The number of carboxylic acids is 1. The van der Waals surface area contributed by atoms with Crippen LogP contribution in [0.1, 0.15) is 29.8 Å². The molecule has 1 aliphatic heterocycles. The average molecular weight is 377 g/mol. The highest BCUT2D eigenvalue weighted by Gasteiger charge is 2.55. The minimum absolute atomic E-state index is 0.0515. The number of rotatable bonds is 3. The Morgan fingerprint density at radius 1 is 1.36 bits per heavy atom. The van der Waals surface area contributed by atoms with Crippen molar-refractivity contribution >= 4 is 34.8 Å². The molecule has 2 aliphatic rings. The molecule has 5 nitrogen and oxygen atoms in total. The van der Waals surface area contributed by atoms with Gasteiger partial charge in [0, 0.05) is 24.0 Å². The second kappa shape index (κ2) is 6.11. The lowest BCUT2D eigenvalue weighted by Crippen LogP contribution is -2.37. The maximum absolute atomic E-state index is 12.8. The fraction of sp³-hybridized carbons (Fsp3) is 0.389. The number of likely N-dealkylation sites (tertiary alicyclic amines) is 1. The van der Waals surface area contributed by atoms with E-state index >= 15 is 0 Å². The molecular weight excluding hydrogens is 360 g/mol. The third-order valence-corrected chi connectivity index (χ3v) is 6.62. The first-order valence-electron chi connectivity index (χ1n) is 8.24. The number of fused-ring (bicyclic) bond motifs is 1. The summed E-state index contributed by atoms with van der Waals surface area (Å²) >= 11 is 7.57. The summed E-state index contributed by atoms with van der Waals surface area (Å²) in [5.74, 6) is -0.916. The Balaban J connectivity index is 1.57. The van der Waals surface area contributed by atoms with Crippen LogP contribution in [0.5, 0.6) is 0 Å². The summed E-state index contributed by atoms with van der Waals surface area (Å²) in [4.78, 5) is 30.7. The molecule has 0 bridgehead atoms. The number of carbonyl (C=O) groups is 2. The fourth-order valence-corrected chi connectivity index (χ4v) is 5.20. The summed E-state index contributed by atoms with van der Waals surface area (Å²) in [6, 6.07) is 7.38. The predicted molar refractivity (Wildman–Crippen MR) is 95.9 cm³/mol. The number of hydrogen-bond acceptors (Lipinski definition) is 4. The first-order valence-corrected chi connectivity index (χ1v) is 9.50. The molecule has 2 aromatic rings. The molecule has 4 rings (SSSR count). The third kappa shape index (κ3) is 2.64. The number of hydrogen-bond donors (Lipinski definition) is 1. The van der Waals surface area contributed by atoms with Crippen LogP contribution in [0.25, 0.3) is 10.6 Å². The number of carboxylic acid groups (broad SMARTS) is 1. The normalized spacial score (nSPS) is 25.2. The molecule has 0 spiro atoms. The standard InChI is InChI=1S/C18H17ClN2O3S/c19-13-6-2-1-5-12(13)15-20-14(9-25-15)16(22)21-8-11-4-3-7-18(11,10-21)17(23)24/h1-2,5-6,9,11H,3-4,7-8,10H2,(H,23,24)/t11-,18+/m0/s1. The maximum atomic E-state index is 12.8. The molecule has 2 fully saturated rings. The van der Waals surface area contributed by atoms with E-state index in [2.05, 4.69) is 4.98 Å². The fourth-order valence-electron chi connectivity index (χ4n) is 4.09. The van der Waals surface area contributed by atoms with Crippen LogP contribution in [0.4, 0.5) is 0 Å². The van der Waals surface area contributed by atoms with Crippen LogP contribution in [0.15, 0.2) is 29.6 Å². The van der Waals surface area contributed by atoms with Gasteiger partial charge < -0.3 is 10.0 Å². The van der Waals surface area contributed by atoms with Gasteiger partial charge in [-0.1, -0.05) is 36.2 Å². The van der Waals surface area contributed by atoms with Gasteiger partial charge in [-0.25, -0.2) is 4.98 Å². The number of amides is 1. The van der Waals surface area contributed by atoms with Gasteiger partial charge in [0.1, 0.15) is 10.7 Å². The van der Waals surface area contributed by atoms with E-state index in [4.69, 9.17) is 11.6 Å². The monoisotopic (exact) mass is 376 g/mol. The minimum atomic E-state index is -0.777. The van der Waals surface area contributed by atoms with E-state index in [1.165, 1.54) is 11.3 Å². The Bertz CT molecular complexity index is 852. The van der Waals surface area contributed by atoms with Crippen LogP contribution < -0.4 is 0 Å². The van der Waals surface area contributed by atoms with Crippen LogP contribution in [0, 0.1) is 11.3 Å². The van der Waals surface area contributed by atoms with Gasteiger partial charge in [-0.3, -0.25) is 9.59 Å². The molecule has 1 aliphatic carbocycles. The van der Waals surface area contributed by atoms with Crippen LogP contribution in [0.3, 0.4) is 0 Å². The minimum Gasteiger partial charge on any atom is -0.481 e. The number of halogens is 1. The summed E-state index contributed by atoms with van der Waals surface area (Å²) < 4.78 is 0. The number of aromatic nitrogens is 1. The smallest absolute Gasteiger partial charge is 0.311 e. The summed E-state index contributed by atoms with van der Waals surface area (Å²) in [7, 11) is 0. The van der Waals surface area contributed by atoms with E-state index in [0.717, 1.165) is 18.4 Å². The average Bonchev–Trinajstić information content (AvgIpc) is 3.28. The molecule has 1 aromatic carbocycles. The zero-order chi connectivity index (χ0) is 17.6. The molecule has 1 aromatic heterocycles. The maximum Gasteiger partial charge on any atom is 0.311 e. The molecule has 1 saturated heterocycles. The van der Waals surface area contributed by atoms with E-state index in [9.17, 15) is 14.7 Å². The molecule has 1 saturated carbocycles. The van der Waals surface area contributed by atoms with Gasteiger partial charge in [0.05, 0.1) is 10.4 Å². The topological polar surface area (TPSA) is 70.5 Å². The van der Waals surface area contributed by atoms with Crippen molar-refractivity contribution in [3.8, 4) is 10.6 Å². The summed E-state index contributed by atoms with van der Waals surface area (Å²) in [6.07, 6.45) is 2.45. The van der Waals surface area contributed by atoms with Crippen molar-refractivity contribution in [2.75, 3.05) is 13.1 Å². The second-order valence-corrected chi connectivity index (χ2v) is 8.02. The first kappa shape index (κ1) is 16.5. The highest BCUT2D eigenvalue weighted by atomic mass is 35.5. The number of aliphatic carboxylic acids is 1. The number of benzene rings is 1. The van der Waals surface area contributed by atoms with Gasteiger partial charge >= 0.3 is 5.97 Å². The van der Waals surface area contributed by atoms with Gasteiger partial charge in [0.15, 0.2) is 0 Å². The highest BCUT2D eigenvalue weighted by molar-refractivity contribution is 7.13. The molecule has 7 heteroatoms. The van der Waals surface area contributed by atoms with Crippen LogP contribution in [-0.2, 0) is 4.79 Å². The zero-order valence-corrected chi connectivity index (χ0v) is 15.0. The molecule has 0 unspecified atom stereocenters. The summed E-state index contributed by atoms with van der Waals surface area (Å²) in [6.45, 7) is 0.787. The predicted octanol–water partition coefficient (Wildman–Crippen LogP) is 3.79. The van der Waals surface area contributed by atoms with E-state index in [1.807, 2.05) is 18.2 Å². The van der Waals surface area contributed by atoms with Gasteiger partial charge in [-0.2, -0.15) is 0 Å². The van der Waals surface area contributed by atoms with E-state index in [-0.39, 0.29) is 18.4 Å². The van der Waals surface area contributed by atoms with Crippen molar-refractivity contribution in [2.45, 2.75) is 19.3 Å². The number of thiazole rings is 1. The van der Waals surface area contributed by atoms with E-state index in [1.54, 1.807) is 16.3 Å². The van der Waals surface area contributed by atoms with Gasteiger partial charge in [-0.15, -0.1) is 11.3 Å². The van der Waals surface area contributed by atoms with Crippen molar-refractivity contribution in [2.24, 2.45) is 11.3 Å². The molecule has 0 radical (unpaired) electrons. The van der Waals surface area contributed by atoms with Crippen LogP contribution in [-0.4, -0.2) is 40.0 Å². The van der Waals surface area contributed by atoms with Crippen molar-refractivity contribution in [1.82, 2.24) is 9.88 Å². The zero-order valence-electron chi connectivity index (χ0n) is 13.4. The SMILES string of the molecule is O=C(c1csc(-c2ccccc2Cl)n1)N1C[C@@H]2CCC[C@@]2(C(=O)O)C1. The van der Waals surface area contributed by atoms with Gasteiger partial charge in [-0.05, 0) is 24.8 Å².